The van der Waals surface area contributed by atoms with Crippen LogP contribution in [0.15, 0.2) is 15.9 Å². The van der Waals surface area contributed by atoms with E-state index in [0.717, 1.165) is 17.3 Å². The van der Waals surface area contributed by atoms with Gasteiger partial charge in [0.25, 0.3) is 5.91 Å². The van der Waals surface area contributed by atoms with Crippen molar-refractivity contribution in [1.29, 1.82) is 0 Å². The molecule has 0 saturated heterocycles. The summed E-state index contributed by atoms with van der Waals surface area (Å²) < 4.78 is 0.759. The third kappa shape index (κ3) is 3.29. The van der Waals surface area contributed by atoms with Gasteiger partial charge in [0.2, 0.25) is 5.91 Å². The molecule has 1 saturated carbocycles. The molecule has 1 heterocycles. The van der Waals surface area contributed by atoms with E-state index in [2.05, 4.69) is 26.6 Å². The molecule has 2 N–H and O–H groups in total. The molecule has 2 amide bonds. The summed E-state index contributed by atoms with van der Waals surface area (Å²) in [5.74, 6) is -0.334. The van der Waals surface area contributed by atoms with Crippen LogP contribution in [0.4, 0.5) is 0 Å². The summed E-state index contributed by atoms with van der Waals surface area (Å²) in [7, 11) is 0. The summed E-state index contributed by atoms with van der Waals surface area (Å²) in [6, 6.07) is 1.63. The number of halogens is 1. The zero-order chi connectivity index (χ0) is 12.4. The molecular weight excluding hydrogens is 304 g/mol. The van der Waals surface area contributed by atoms with Crippen LogP contribution >= 0.6 is 27.3 Å². The standard InChI is InChI=1S/C11H13BrN2O2S/c1-6(10(15)14-7-2-3-7)13-11(16)9-8(12)4-5-17-9/h4-7H,2-3H2,1H3,(H,13,16)(H,14,15). The molecule has 0 aliphatic heterocycles. The molecule has 1 aliphatic rings. The summed E-state index contributed by atoms with van der Waals surface area (Å²) in [6.07, 6.45) is 2.09. The molecule has 4 nitrogen and oxygen atoms in total. The lowest BCUT2D eigenvalue weighted by Crippen LogP contribution is -2.45. The monoisotopic (exact) mass is 316 g/mol. The van der Waals surface area contributed by atoms with E-state index >= 15 is 0 Å². The van der Waals surface area contributed by atoms with E-state index in [9.17, 15) is 9.59 Å². The Kier molecular flexibility index (Phi) is 3.83. The molecule has 1 atom stereocenters. The SMILES string of the molecule is CC(NC(=O)c1sccc1Br)C(=O)NC1CC1. The highest BCUT2D eigenvalue weighted by atomic mass is 79.9. The normalized spacial score (nSPS) is 16.4. The minimum absolute atomic E-state index is 0.117. The van der Waals surface area contributed by atoms with Gasteiger partial charge < -0.3 is 10.6 Å². The van der Waals surface area contributed by atoms with Crippen molar-refractivity contribution in [1.82, 2.24) is 10.6 Å². The largest absolute Gasteiger partial charge is 0.352 e. The first kappa shape index (κ1) is 12.6. The van der Waals surface area contributed by atoms with Crippen LogP contribution in [0.25, 0.3) is 0 Å². The molecule has 0 radical (unpaired) electrons. The number of carbonyl (C=O) groups is 2. The highest BCUT2D eigenvalue weighted by molar-refractivity contribution is 9.10. The van der Waals surface area contributed by atoms with E-state index in [1.807, 2.05) is 11.4 Å². The molecule has 17 heavy (non-hydrogen) atoms. The van der Waals surface area contributed by atoms with E-state index < -0.39 is 6.04 Å². The third-order valence-electron chi connectivity index (χ3n) is 2.49. The van der Waals surface area contributed by atoms with E-state index in [0.29, 0.717) is 10.9 Å². The lowest BCUT2D eigenvalue weighted by Gasteiger charge is -2.13. The van der Waals surface area contributed by atoms with Crippen molar-refractivity contribution in [3.8, 4) is 0 Å². The summed E-state index contributed by atoms with van der Waals surface area (Å²) in [5, 5.41) is 7.37. The number of amides is 2. The zero-order valence-electron chi connectivity index (χ0n) is 9.33. The Morgan fingerprint density at radius 2 is 2.24 bits per heavy atom. The van der Waals surface area contributed by atoms with Crippen molar-refractivity contribution < 1.29 is 9.59 Å². The van der Waals surface area contributed by atoms with Gasteiger partial charge in [0.1, 0.15) is 10.9 Å². The van der Waals surface area contributed by atoms with Crippen LogP contribution in [0.3, 0.4) is 0 Å². The second-order valence-corrected chi connectivity index (χ2v) is 5.85. The second kappa shape index (κ2) is 5.18. The molecule has 1 unspecified atom stereocenters. The van der Waals surface area contributed by atoms with Crippen molar-refractivity contribution in [2.24, 2.45) is 0 Å². The molecule has 92 valence electrons. The first-order valence-corrected chi connectivity index (χ1v) is 7.09. The van der Waals surface area contributed by atoms with Gasteiger partial charge in [0.05, 0.1) is 0 Å². The first-order valence-electron chi connectivity index (χ1n) is 5.42. The fraction of sp³-hybridized carbons (Fsp3) is 0.455. The molecule has 2 rings (SSSR count). The average Bonchev–Trinajstić information content (AvgIpc) is 2.98. The van der Waals surface area contributed by atoms with Gasteiger partial charge in [-0.15, -0.1) is 11.3 Å². The Morgan fingerprint density at radius 1 is 1.53 bits per heavy atom. The number of rotatable bonds is 4. The molecule has 1 aromatic rings. The highest BCUT2D eigenvalue weighted by Crippen LogP contribution is 2.22. The molecule has 1 aromatic heterocycles. The van der Waals surface area contributed by atoms with Crippen molar-refractivity contribution in [3.05, 3.63) is 20.8 Å². The van der Waals surface area contributed by atoms with Crippen LogP contribution in [-0.2, 0) is 4.79 Å². The number of thiophene rings is 1. The summed E-state index contributed by atoms with van der Waals surface area (Å²) >= 11 is 4.64. The Morgan fingerprint density at radius 3 is 2.76 bits per heavy atom. The number of carbonyl (C=O) groups excluding carboxylic acids is 2. The highest BCUT2D eigenvalue weighted by Gasteiger charge is 2.26. The minimum atomic E-state index is -0.503. The quantitative estimate of drug-likeness (QED) is 0.891. The minimum Gasteiger partial charge on any atom is -0.352 e. The van der Waals surface area contributed by atoms with Gasteiger partial charge in [0, 0.05) is 10.5 Å². The Labute approximate surface area is 112 Å². The zero-order valence-corrected chi connectivity index (χ0v) is 11.7. The lowest BCUT2D eigenvalue weighted by molar-refractivity contribution is -0.122. The number of nitrogens with one attached hydrogen (secondary N) is 2. The lowest BCUT2D eigenvalue weighted by atomic mass is 10.3. The van der Waals surface area contributed by atoms with Crippen LogP contribution in [-0.4, -0.2) is 23.9 Å². The predicted molar refractivity (Wildman–Crippen MR) is 70.1 cm³/mol. The molecule has 1 fully saturated rings. The van der Waals surface area contributed by atoms with Gasteiger partial charge in [0.15, 0.2) is 0 Å². The van der Waals surface area contributed by atoms with Gasteiger partial charge in [-0.25, -0.2) is 0 Å². The molecule has 1 aliphatic carbocycles. The molecule has 0 bridgehead atoms. The smallest absolute Gasteiger partial charge is 0.263 e. The summed E-state index contributed by atoms with van der Waals surface area (Å²) in [5.41, 5.74) is 0. The maximum Gasteiger partial charge on any atom is 0.263 e. The maximum absolute atomic E-state index is 11.8. The second-order valence-electron chi connectivity index (χ2n) is 4.08. The van der Waals surface area contributed by atoms with Crippen molar-refractivity contribution in [2.45, 2.75) is 31.8 Å². The summed E-state index contributed by atoms with van der Waals surface area (Å²) in [6.45, 7) is 1.69. The topological polar surface area (TPSA) is 58.2 Å². The summed E-state index contributed by atoms with van der Waals surface area (Å²) in [4.78, 5) is 24.1. The van der Waals surface area contributed by atoms with Crippen molar-refractivity contribution >= 4 is 39.1 Å². The van der Waals surface area contributed by atoms with Gasteiger partial charge >= 0.3 is 0 Å². The van der Waals surface area contributed by atoms with E-state index in [-0.39, 0.29) is 11.8 Å². The van der Waals surface area contributed by atoms with Gasteiger partial charge in [-0.1, -0.05) is 0 Å². The molecular formula is C11H13BrN2O2S. The predicted octanol–water partition coefficient (Wildman–Crippen LogP) is 1.91. The van der Waals surface area contributed by atoms with Gasteiger partial charge in [-0.3, -0.25) is 9.59 Å². The van der Waals surface area contributed by atoms with E-state index in [4.69, 9.17) is 0 Å². The van der Waals surface area contributed by atoms with Crippen LogP contribution < -0.4 is 10.6 Å². The van der Waals surface area contributed by atoms with Crippen molar-refractivity contribution in [2.75, 3.05) is 0 Å². The third-order valence-corrected chi connectivity index (χ3v) is 4.32. The Hall–Kier alpha value is -0.880. The number of hydrogen-bond acceptors (Lipinski definition) is 3. The molecule has 6 heteroatoms. The maximum atomic E-state index is 11.8. The van der Waals surface area contributed by atoms with Crippen molar-refractivity contribution in [3.63, 3.8) is 0 Å². The van der Waals surface area contributed by atoms with E-state index in [1.54, 1.807) is 6.92 Å². The molecule has 0 aromatic carbocycles. The first-order chi connectivity index (χ1) is 8.08. The van der Waals surface area contributed by atoms with Crippen LogP contribution in [0, 0.1) is 0 Å². The van der Waals surface area contributed by atoms with Crippen LogP contribution in [0.2, 0.25) is 0 Å². The number of hydrogen-bond donors (Lipinski definition) is 2. The van der Waals surface area contributed by atoms with Crippen LogP contribution in [0.1, 0.15) is 29.4 Å². The fourth-order valence-corrected chi connectivity index (χ4v) is 2.79. The fourth-order valence-electron chi connectivity index (χ4n) is 1.34. The average molecular weight is 317 g/mol. The van der Waals surface area contributed by atoms with Gasteiger partial charge in [-0.05, 0) is 47.1 Å². The van der Waals surface area contributed by atoms with Crippen LogP contribution in [0.5, 0.6) is 0 Å². The van der Waals surface area contributed by atoms with E-state index in [1.165, 1.54) is 11.3 Å². The Balaban J connectivity index is 1.89. The Bertz CT molecular complexity index is 442. The van der Waals surface area contributed by atoms with Gasteiger partial charge in [-0.2, -0.15) is 0 Å². The molecule has 0 spiro atoms.